The van der Waals surface area contributed by atoms with Gasteiger partial charge in [-0.25, -0.2) is 0 Å². The zero-order valence-corrected chi connectivity index (χ0v) is 36.5. The number of aliphatic carboxylic acids is 1. The summed E-state index contributed by atoms with van der Waals surface area (Å²) in [6.07, 6.45) is 41.3. The van der Waals surface area contributed by atoms with Crippen molar-refractivity contribution in [2.75, 3.05) is 47.5 Å². The van der Waals surface area contributed by atoms with Crippen LogP contribution < -0.4 is 5.11 Å². The lowest BCUT2D eigenvalue weighted by molar-refractivity contribution is -0.870. The van der Waals surface area contributed by atoms with E-state index in [2.05, 4.69) is 62.5 Å². The Balaban J connectivity index is 4.47. The van der Waals surface area contributed by atoms with Crippen molar-refractivity contribution in [3.05, 3.63) is 48.6 Å². The summed E-state index contributed by atoms with van der Waals surface area (Å²) in [5, 5.41) is 11.7. The topological polar surface area (TPSA) is 111 Å². The van der Waals surface area contributed by atoms with Gasteiger partial charge in [0, 0.05) is 12.8 Å². The van der Waals surface area contributed by atoms with Gasteiger partial charge in [0.05, 0.1) is 40.3 Å². The zero-order valence-electron chi connectivity index (χ0n) is 36.5. The van der Waals surface area contributed by atoms with E-state index in [0.29, 0.717) is 17.4 Å². The summed E-state index contributed by atoms with van der Waals surface area (Å²) in [7, 11) is 5.89. The third-order valence-corrected chi connectivity index (χ3v) is 9.30. The van der Waals surface area contributed by atoms with Crippen molar-refractivity contribution >= 4 is 17.9 Å². The van der Waals surface area contributed by atoms with Crippen LogP contribution in [0.4, 0.5) is 0 Å². The van der Waals surface area contributed by atoms with Crippen LogP contribution in [0.15, 0.2) is 48.6 Å². The third-order valence-electron chi connectivity index (χ3n) is 9.30. The Morgan fingerprint density at radius 2 is 0.964 bits per heavy atom. The molecule has 56 heavy (non-hydrogen) atoms. The van der Waals surface area contributed by atoms with Crippen molar-refractivity contribution in [2.24, 2.45) is 0 Å². The summed E-state index contributed by atoms with van der Waals surface area (Å²) in [5.41, 5.74) is 0. The Labute approximate surface area is 342 Å². The SMILES string of the molecule is CCCCC/C=C\C/C=C\C/C=C\CCCCCCCCC(=O)OC(COC(=O)CCCCCCC/C=C\CCCCC)COC(OCC[N+](C)(C)C)C(=O)[O-]. The summed E-state index contributed by atoms with van der Waals surface area (Å²) < 4.78 is 22.5. The van der Waals surface area contributed by atoms with Crippen LogP contribution in [0.25, 0.3) is 0 Å². The Hall–Kier alpha value is -2.75. The number of hydrogen-bond acceptors (Lipinski definition) is 8. The molecule has 0 heterocycles. The van der Waals surface area contributed by atoms with Crippen LogP contribution >= 0.6 is 0 Å². The minimum Gasteiger partial charge on any atom is -0.545 e. The van der Waals surface area contributed by atoms with Crippen molar-refractivity contribution in [3.63, 3.8) is 0 Å². The van der Waals surface area contributed by atoms with E-state index >= 15 is 0 Å². The van der Waals surface area contributed by atoms with Crippen LogP contribution in [0.5, 0.6) is 0 Å². The van der Waals surface area contributed by atoms with Gasteiger partial charge in [-0.3, -0.25) is 9.59 Å². The molecule has 9 nitrogen and oxygen atoms in total. The molecule has 0 saturated heterocycles. The molecule has 324 valence electrons. The highest BCUT2D eigenvalue weighted by Crippen LogP contribution is 2.13. The first-order chi connectivity index (χ1) is 27.1. The molecule has 0 aliphatic rings. The number of quaternary nitrogens is 1. The van der Waals surface area contributed by atoms with Crippen LogP contribution in [0.2, 0.25) is 0 Å². The van der Waals surface area contributed by atoms with Gasteiger partial charge in [-0.15, -0.1) is 0 Å². The fourth-order valence-corrected chi connectivity index (χ4v) is 5.77. The van der Waals surface area contributed by atoms with E-state index in [4.69, 9.17) is 18.9 Å². The van der Waals surface area contributed by atoms with E-state index < -0.39 is 24.3 Å². The van der Waals surface area contributed by atoms with Gasteiger partial charge in [0.2, 0.25) is 0 Å². The number of hydrogen-bond donors (Lipinski definition) is 0. The number of rotatable bonds is 40. The van der Waals surface area contributed by atoms with Gasteiger partial charge in [0.15, 0.2) is 12.4 Å². The first-order valence-corrected chi connectivity index (χ1v) is 22.3. The number of carboxylic acids is 1. The number of carbonyl (C=O) groups excluding carboxylic acids is 3. The van der Waals surface area contributed by atoms with Gasteiger partial charge >= 0.3 is 11.9 Å². The smallest absolute Gasteiger partial charge is 0.306 e. The molecule has 0 saturated carbocycles. The molecule has 9 heteroatoms. The average molecular weight is 790 g/mol. The highest BCUT2D eigenvalue weighted by Gasteiger charge is 2.21. The van der Waals surface area contributed by atoms with E-state index in [9.17, 15) is 19.5 Å². The molecular formula is C47H83NO8. The Morgan fingerprint density at radius 1 is 0.536 bits per heavy atom. The standard InChI is InChI=1S/C47H83NO8/c1-6-8-10-12-14-16-18-20-21-22-23-24-25-26-28-30-32-34-36-38-45(50)56-43(42-55-47(46(51)52)53-40-39-48(3,4)5)41-54-44(49)37-35-33-31-29-27-19-17-15-13-11-9-7-2/h14-17,20-21,23-24,43,47H,6-13,18-19,22,25-42H2,1-5H3/b16-14-,17-15-,21-20-,24-23-. The molecule has 0 radical (unpaired) electrons. The van der Waals surface area contributed by atoms with Crippen molar-refractivity contribution in [3.8, 4) is 0 Å². The van der Waals surface area contributed by atoms with E-state index in [1.54, 1.807) is 0 Å². The summed E-state index contributed by atoms with van der Waals surface area (Å²) in [5.74, 6) is -2.32. The number of allylic oxidation sites excluding steroid dienone is 8. The van der Waals surface area contributed by atoms with Crippen LogP contribution in [0.3, 0.4) is 0 Å². The molecule has 0 fully saturated rings. The van der Waals surface area contributed by atoms with Gasteiger partial charge in [0.1, 0.15) is 13.2 Å². The first-order valence-electron chi connectivity index (χ1n) is 22.3. The number of carbonyl (C=O) groups is 3. The normalized spacial score (nSPS) is 13.4. The third kappa shape index (κ3) is 39.5. The molecule has 0 aromatic heterocycles. The highest BCUT2D eigenvalue weighted by atomic mass is 16.7. The molecule has 0 spiro atoms. The molecule has 0 aliphatic carbocycles. The van der Waals surface area contributed by atoms with E-state index in [1.807, 2.05) is 21.1 Å². The van der Waals surface area contributed by atoms with Gasteiger partial charge in [-0.05, 0) is 77.0 Å². The number of carboxylic acid groups (broad SMARTS) is 1. The highest BCUT2D eigenvalue weighted by molar-refractivity contribution is 5.70. The van der Waals surface area contributed by atoms with Crippen LogP contribution in [-0.2, 0) is 33.3 Å². The van der Waals surface area contributed by atoms with Crippen molar-refractivity contribution in [1.29, 1.82) is 0 Å². The monoisotopic (exact) mass is 790 g/mol. The fourth-order valence-electron chi connectivity index (χ4n) is 5.77. The Morgan fingerprint density at radius 3 is 1.45 bits per heavy atom. The molecule has 0 rings (SSSR count). The number of unbranched alkanes of at least 4 members (excludes halogenated alkanes) is 17. The quantitative estimate of drug-likeness (QED) is 0.0198. The molecule has 0 aromatic rings. The Kier molecular flexibility index (Phi) is 37.2. The predicted octanol–water partition coefficient (Wildman–Crippen LogP) is 10.3. The van der Waals surface area contributed by atoms with Gasteiger partial charge < -0.3 is 33.3 Å². The van der Waals surface area contributed by atoms with Crippen molar-refractivity contribution in [2.45, 2.75) is 187 Å². The second-order valence-corrected chi connectivity index (χ2v) is 16.0. The summed E-state index contributed by atoms with van der Waals surface area (Å²) in [6, 6.07) is 0. The number of nitrogens with zero attached hydrogens (tertiary/aromatic N) is 1. The average Bonchev–Trinajstić information content (AvgIpc) is 3.15. The molecule has 0 N–H and O–H groups in total. The first kappa shape index (κ1) is 53.2. The zero-order chi connectivity index (χ0) is 41.4. The summed E-state index contributed by atoms with van der Waals surface area (Å²) >= 11 is 0. The van der Waals surface area contributed by atoms with E-state index in [1.165, 1.54) is 51.4 Å². The maximum absolute atomic E-state index is 12.7. The predicted molar refractivity (Wildman–Crippen MR) is 228 cm³/mol. The minimum atomic E-state index is -1.63. The van der Waals surface area contributed by atoms with Crippen LogP contribution in [-0.4, -0.2) is 82.3 Å². The summed E-state index contributed by atoms with van der Waals surface area (Å²) in [6.45, 7) is 4.65. The van der Waals surface area contributed by atoms with Gasteiger partial charge in [0.25, 0.3) is 0 Å². The fraction of sp³-hybridized carbons (Fsp3) is 0.766. The summed E-state index contributed by atoms with van der Waals surface area (Å²) in [4.78, 5) is 36.9. The number of likely N-dealkylation sites (N-methyl/N-ethyl adjacent to an activating group) is 1. The number of esters is 2. The van der Waals surface area contributed by atoms with Crippen molar-refractivity contribution < 1.29 is 42.9 Å². The van der Waals surface area contributed by atoms with Gasteiger partial charge in [-0.2, -0.15) is 0 Å². The second kappa shape index (κ2) is 39.1. The molecular weight excluding hydrogens is 707 g/mol. The maximum atomic E-state index is 12.7. The molecule has 0 aliphatic heterocycles. The molecule has 0 amide bonds. The molecule has 2 atom stereocenters. The molecule has 0 aromatic carbocycles. The minimum absolute atomic E-state index is 0.142. The van der Waals surface area contributed by atoms with Crippen LogP contribution in [0.1, 0.15) is 174 Å². The van der Waals surface area contributed by atoms with Crippen molar-refractivity contribution in [1.82, 2.24) is 0 Å². The molecule has 2 unspecified atom stereocenters. The molecule has 0 bridgehead atoms. The van der Waals surface area contributed by atoms with E-state index in [0.717, 1.165) is 89.9 Å². The van der Waals surface area contributed by atoms with Crippen LogP contribution in [0, 0.1) is 0 Å². The lowest BCUT2D eigenvalue weighted by Crippen LogP contribution is -2.44. The lowest BCUT2D eigenvalue weighted by Gasteiger charge is -2.26. The number of ether oxygens (including phenoxy) is 4. The van der Waals surface area contributed by atoms with Gasteiger partial charge in [-0.1, -0.05) is 133 Å². The lowest BCUT2D eigenvalue weighted by atomic mass is 10.1. The second-order valence-electron chi connectivity index (χ2n) is 16.0. The van der Waals surface area contributed by atoms with E-state index in [-0.39, 0.29) is 38.6 Å². The maximum Gasteiger partial charge on any atom is 0.306 e. The largest absolute Gasteiger partial charge is 0.545 e. The Bertz CT molecular complexity index is 1060.